The zero-order valence-corrected chi connectivity index (χ0v) is 12.6. The van der Waals surface area contributed by atoms with E-state index in [1.54, 1.807) is 6.20 Å². The van der Waals surface area contributed by atoms with E-state index >= 15 is 0 Å². The quantitative estimate of drug-likeness (QED) is 0.934. The molecule has 1 aromatic heterocycles. The monoisotopic (exact) mass is 320 g/mol. The van der Waals surface area contributed by atoms with Crippen molar-refractivity contribution in [3.8, 4) is 5.75 Å². The highest BCUT2D eigenvalue weighted by atomic mass is 79.9. The Morgan fingerprint density at radius 3 is 2.53 bits per heavy atom. The van der Waals surface area contributed by atoms with Gasteiger partial charge in [-0.3, -0.25) is 4.98 Å². The molecule has 1 aromatic carbocycles. The first-order valence-corrected chi connectivity index (χ1v) is 7.00. The largest absolute Gasteiger partial charge is 0.491 e. The number of nitrogens with zero attached hydrogens (tertiary/aromatic N) is 1. The van der Waals surface area contributed by atoms with E-state index in [1.807, 2.05) is 50.2 Å². The van der Waals surface area contributed by atoms with Gasteiger partial charge in [-0.25, -0.2) is 0 Å². The van der Waals surface area contributed by atoms with Gasteiger partial charge >= 0.3 is 0 Å². The molecule has 2 N–H and O–H groups in total. The molecule has 4 heteroatoms. The maximum atomic E-state index is 6.29. The van der Waals surface area contributed by atoms with Crippen LogP contribution in [0, 0.1) is 0 Å². The average molecular weight is 321 g/mol. The zero-order chi connectivity index (χ0) is 13.8. The van der Waals surface area contributed by atoms with Crippen molar-refractivity contribution < 1.29 is 4.74 Å². The van der Waals surface area contributed by atoms with Crippen molar-refractivity contribution in [2.75, 3.05) is 0 Å². The van der Waals surface area contributed by atoms with Crippen molar-refractivity contribution in [2.45, 2.75) is 26.0 Å². The Bertz CT molecular complexity index is 540. The van der Waals surface area contributed by atoms with Crippen molar-refractivity contribution in [1.82, 2.24) is 4.98 Å². The normalized spacial score (nSPS) is 12.5. The van der Waals surface area contributed by atoms with E-state index in [2.05, 4.69) is 20.9 Å². The minimum Gasteiger partial charge on any atom is -0.491 e. The highest BCUT2D eigenvalue weighted by Gasteiger charge is 2.15. The number of aromatic nitrogens is 1. The molecule has 0 saturated carbocycles. The lowest BCUT2D eigenvalue weighted by atomic mass is 10.0. The first-order valence-electron chi connectivity index (χ1n) is 6.20. The molecule has 3 nitrogen and oxygen atoms in total. The van der Waals surface area contributed by atoms with Crippen LogP contribution < -0.4 is 10.5 Å². The Labute approximate surface area is 121 Å². The zero-order valence-electron chi connectivity index (χ0n) is 11.0. The number of halogens is 1. The second kappa shape index (κ2) is 6.17. The van der Waals surface area contributed by atoms with Gasteiger partial charge in [0.1, 0.15) is 5.75 Å². The van der Waals surface area contributed by atoms with Gasteiger partial charge in [0.15, 0.2) is 0 Å². The van der Waals surface area contributed by atoms with Crippen LogP contribution in [0.1, 0.15) is 31.1 Å². The third kappa shape index (κ3) is 3.55. The van der Waals surface area contributed by atoms with E-state index < -0.39 is 0 Å². The van der Waals surface area contributed by atoms with Crippen LogP contribution in [0.5, 0.6) is 5.75 Å². The molecular formula is C15H17BrN2O. The molecule has 0 radical (unpaired) electrons. The van der Waals surface area contributed by atoms with Crippen LogP contribution in [0.2, 0.25) is 0 Å². The van der Waals surface area contributed by atoms with E-state index in [0.29, 0.717) is 0 Å². The van der Waals surface area contributed by atoms with Gasteiger partial charge in [-0.1, -0.05) is 18.2 Å². The number of hydrogen-bond donors (Lipinski definition) is 1. The van der Waals surface area contributed by atoms with Crippen LogP contribution in [0.4, 0.5) is 0 Å². The molecule has 0 amide bonds. The van der Waals surface area contributed by atoms with E-state index in [9.17, 15) is 0 Å². The molecule has 0 spiro atoms. The predicted octanol–water partition coefficient (Wildman–Crippen LogP) is 3.68. The van der Waals surface area contributed by atoms with Gasteiger partial charge in [-0.15, -0.1) is 0 Å². The van der Waals surface area contributed by atoms with E-state index in [4.69, 9.17) is 10.5 Å². The number of ether oxygens (including phenoxy) is 1. The third-order valence-corrected chi connectivity index (χ3v) is 3.15. The molecule has 1 unspecified atom stereocenters. The summed E-state index contributed by atoms with van der Waals surface area (Å²) in [6, 6.07) is 11.4. The number of benzene rings is 1. The lowest BCUT2D eigenvalue weighted by molar-refractivity contribution is 0.239. The van der Waals surface area contributed by atoms with Crippen LogP contribution >= 0.6 is 15.9 Å². The van der Waals surface area contributed by atoms with Crippen molar-refractivity contribution in [3.63, 3.8) is 0 Å². The van der Waals surface area contributed by atoms with Gasteiger partial charge in [0.25, 0.3) is 0 Å². The Kier molecular flexibility index (Phi) is 4.56. The van der Waals surface area contributed by atoms with Crippen LogP contribution in [0.15, 0.2) is 47.1 Å². The summed E-state index contributed by atoms with van der Waals surface area (Å²) in [5, 5.41) is 0. The predicted molar refractivity (Wildman–Crippen MR) is 80.2 cm³/mol. The molecule has 100 valence electrons. The highest BCUT2D eigenvalue weighted by molar-refractivity contribution is 9.10. The summed E-state index contributed by atoms with van der Waals surface area (Å²) in [6.45, 7) is 4.00. The summed E-state index contributed by atoms with van der Waals surface area (Å²) in [4.78, 5) is 4.35. The van der Waals surface area contributed by atoms with Crippen LogP contribution in [0.3, 0.4) is 0 Å². The SMILES string of the molecule is CC(C)Oc1ccccc1C(N)c1ccc(Br)cn1. The maximum absolute atomic E-state index is 6.29. The number of pyridine rings is 1. The summed E-state index contributed by atoms with van der Waals surface area (Å²) in [7, 11) is 0. The first kappa shape index (κ1) is 14.0. The standard InChI is InChI=1S/C15H17BrN2O/c1-10(2)19-14-6-4-3-5-12(14)15(17)13-8-7-11(16)9-18-13/h3-10,15H,17H2,1-2H3. The minimum atomic E-state index is -0.289. The molecule has 19 heavy (non-hydrogen) atoms. The molecule has 0 aliphatic rings. The van der Waals surface area contributed by atoms with E-state index in [0.717, 1.165) is 21.5 Å². The van der Waals surface area contributed by atoms with Gasteiger partial charge < -0.3 is 10.5 Å². The third-order valence-electron chi connectivity index (χ3n) is 2.69. The first-order chi connectivity index (χ1) is 9.08. The number of nitrogens with two attached hydrogens (primary N) is 1. The fourth-order valence-corrected chi connectivity index (χ4v) is 2.06. The topological polar surface area (TPSA) is 48.1 Å². The average Bonchev–Trinajstić information content (AvgIpc) is 2.39. The van der Waals surface area contributed by atoms with Crippen molar-refractivity contribution in [3.05, 3.63) is 58.3 Å². The van der Waals surface area contributed by atoms with Crippen LogP contribution in [-0.2, 0) is 0 Å². The van der Waals surface area contributed by atoms with E-state index in [-0.39, 0.29) is 12.1 Å². The fourth-order valence-electron chi connectivity index (χ4n) is 1.83. The lowest BCUT2D eigenvalue weighted by Gasteiger charge is -2.18. The Balaban J connectivity index is 2.32. The number of para-hydroxylation sites is 1. The Hall–Kier alpha value is -1.39. The van der Waals surface area contributed by atoms with Crippen LogP contribution in [-0.4, -0.2) is 11.1 Å². The van der Waals surface area contributed by atoms with Gasteiger partial charge in [0.2, 0.25) is 0 Å². The summed E-state index contributed by atoms with van der Waals surface area (Å²) in [5.74, 6) is 0.815. The molecule has 2 rings (SSSR count). The maximum Gasteiger partial charge on any atom is 0.124 e. The Morgan fingerprint density at radius 1 is 1.16 bits per heavy atom. The van der Waals surface area contributed by atoms with Gasteiger partial charge in [0, 0.05) is 16.2 Å². The molecule has 1 atom stereocenters. The van der Waals surface area contributed by atoms with Gasteiger partial charge in [0.05, 0.1) is 17.8 Å². The van der Waals surface area contributed by atoms with Crippen LogP contribution in [0.25, 0.3) is 0 Å². The lowest BCUT2D eigenvalue weighted by Crippen LogP contribution is -2.16. The summed E-state index contributed by atoms with van der Waals surface area (Å²) >= 11 is 3.37. The van der Waals surface area contributed by atoms with Crippen molar-refractivity contribution in [1.29, 1.82) is 0 Å². The minimum absolute atomic E-state index is 0.117. The summed E-state index contributed by atoms with van der Waals surface area (Å²) in [6.07, 6.45) is 1.87. The molecular weight excluding hydrogens is 304 g/mol. The molecule has 0 fully saturated rings. The second-order valence-electron chi connectivity index (χ2n) is 4.58. The molecule has 0 bridgehead atoms. The molecule has 0 aliphatic heterocycles. The number of hydrogen-bond acceptors (Lipinski definition) is 3. The smallest absolute Gasteiger partial charge is 0.124 e. The Morgan fingerprint density at radius 2 is 1.89 bits per heavy atom. The van der Waals surface area contributed by atoms with E-state index in [1.165, 1.54) is 0 Å². The molecule has 0 aliphatic carbocycles. The molecule has 2 aromatic rings. The number of rotatable bonds is 4. The molecule has 1 heterocycles. The highest BCUT2D eigenvalue weighted by Crippen LogP contribution is 2.28. The van der Waals surface area contributed by atoms with Gasteiger partial charge in [-0.05, 0) is 48.0 Å². The molecule has 0 saturated heterocycles. The fraction of sp³-hybridized carbons (Fsp3) is 0.267. The summed E-state index contributed by atoms with van der Waals surface area (Å²) < 4.78 is 6.73. The summed E-state index contributed by atoms with van der Waals surface area (Å²) in [5.41, 5.74) is 8.06. The van der Waals surface area contributed by atoms with Crippen molar-refractivity contribution >= 4 is 15.9 Å². The van der Waals surface area contributed by atoms with Gasteiger partial charge in [-0.2, -0.15) is 0 Å². The van der Waals surface area contributed by atoms with Crippen molar-refractivity contribution in [2.24, 2.45) is 5.73 Å². The second-order valence-corrected chi connectivity index (χ2v) is 5.50.